The molecule has 0 aliphatic carbocycles. The Morgan fingerprint density at radius 1 is 0.889 bits per heavy atom. The highest BCUT2D eigenvalue weighted by atomic mass is 32.2. The van der Waals surface area contributed by atoms with Gasteiger partial charge >= 0.3 is 0 Å². The van der Waals surface area contributed by atoms with Crippen molar-refractivity contribution in [3.63, 3.8) is 0 Å². The molecule has 3 heterocycles. The quantitative estimate of drug-likeness (QED) is 0.323. The number of benzene rings is 2. The van der Waals surface area contributed by atoms with Crippen LogP contribution in [0.5, 0.6) is 5.88 Å². The number of hydrogen-bond acceptors (Lipinski definition) is 6. The van der Waals surface area contributed by atoms with Gasteiger partial charge in [-0.25, -0.2) is 18.0 Å². The largest absolute Gasteiger partial charge is 0.480 e. The van der Waals surface area contributed by atoms with Crippen molar-refractivity contribution in [2.24, 2.45) is 0 Å². The third-order valence-corrected chi connectivity index (χ3v) is 7.13. The predicted molar refractivity (Wildman–Crippen MR) is 136 cm³/mol. The number of methoxy groups -OCH3 is 1. The minimum Gasteiger partial charge on any atom is -0.480 e. The van der Waals surface area contributed by atoms with E-state index in [0.29, 0.717) is 11.6 Å². The van der Waals surface area contributed by atoms with E-state index >= 15 is 0 Å². The van der Waals surface area contributed by atoms with Crippen LogP contribution in [-0.2, 0) is 9.71 Å². The molecule has 5 aromatic rings. The van der Waals surface area contributed by atoms with Crippen molar-refractivity contribution in [1.29, 1.82) is 0 Å². The molecule has 0 fully saturated rings. The van der Waals surface area contributed by atoms with Crippen molar-refractivity contribution in [2.45, 2.75) is 4.90 Å². The van der Waals surface area contributed by atoms with E-state index in [-0.39, 0.29) is 16.5 Å². The molecule has 1 N–H and O–H groups in total. The summed E-state index contributed by atoms with van der Waals surface area (Å²) in [5.41, 5.74) is 4.34. The Bertz CT molecular complexity index is 1700. The Morgan fingerprint density at radius 3 is 2.50 bits per heavy atom. The molecule has 10 heteroatoms. The smallest absolute Gasteiger partial charge is 0.238 e. The molecule has 7 nitrogen and oxygen atoms in total. The number of halogens is 2. The average Bonchev–Trinajstić information content (AvgIpc) is 2.88. The summed E-state index contributed by atoms with van der Waals surface area (Å²) in [6.45, 7) is 0. The fourth-order valence-corrected chi connectivity index (χ4v) is 5.12. The van der Waals surface area contributed by atoms with Gasteiger partial charge in [-0.2, -0.15) is 10.2 Å². The van der Waals surface area contributed by atoms with Crippen molar-refractivity contribution < 1.29 is 17.7 Å². The average molecular weight is 504 g/mol. The molecule has 5 rings (SSSR count). The van der Waals surface area contributed by atoms with Gasteiger partial charge < -0.3 is 9.46 Å². The molecule has 180 valence electrons. The molecule has 2 aromatic carbocycles. The first-order chi connectivity index (χ1) is 17.4. The number of ether oxygens (including phenoxy) is 1. The SMILES string of the molecule is C=S(=O)(Nc1cc(-c2ccc3nccc(-c4ccnnc4)c3c2)cnc1OC)c1ccc(F)cc1F. The van der Waals surface area contributed by atoms with Crippen LogP contribution in [0, 0.1) is 11.6 Å². The lowest BCUT2D eigenvalue weighted by atomic mass is 9.99. The van der Waals surface area contributed by atoms with Crippen LogP contribution in [-0.4, -0.2) is 37.4 Å². The van der Waals surface area contributed by atoms with Gasteiger partial charge in [0.2, 0.25) is 5.88 Å². The third kappa shape index (κ3) is 4.46. The Hall–Kier alpha value is -4.44. The minimum absolute atomic E-state index is 0.142. The van der Waals surface area contributed by atoms with E-state index in [1.165, 1.54) is 7.11 Å². The Balaban J connectivity index is 1.58. The topological polar surface area (TPSA) is 89.9 Å². The van der Waals surface area contributed by atoms with Crippen molar-refractivity contribution in [3.8, 4) is 28.1 Å². The van der Waals surface area contributed by atoms with Crippen molar-refractivity contribution in [3.05, 3.63) is 91.0 Å². The molecule has 0 saturated carbocycles. The van der Waals surface area contributed by atoms with Gasteiger partial charge in [0.25, 0.3) is 0 Å². The van der Waals surface area contributed by atoms with Gasteiger partial charge in [0.1, 0.15) is 17.3 Å². The van der Waals surface area contributed by atoms with Gasteiger partial charge in [0, 0.05) is 35.0 Å². The summed E-state index contributed by atoms with van der Waals surface area (Å²) in [5.74, 6) is 2.04. The predicted octanol–water partition coefficient (Wildman–Crippen LogP) is 5.14. The molecule has 3 aromatic heterocycles. The van der Waals surface area contributed by atoms with Crippen LogP contribution >= 0.6 is 0 Å². The van der Waals surface area contributed by atoms with Gasteiger partial charge in [-0.05, 0) is 59.5 Å². The normalized spacial score (nSPS) is 12.8. The molecule has 0 aliphatic heterocycles. The van der Waals surface area contributed by atoms with E-state index in [4.69, 9.17) is 4.74 Å². The van der Waals surface area contributed by atoms with Crippen molar-refractivity contribution >= 4 is 32.2 Å². The highest BCUT2D eigenvalue weighted by Gasteiger charge is 2.18. The number of nitrogens with zero attached hydrogens (tertiary/aromatic N) is 4. The molecule has 36 heavy (non-hydrogen) atoms. The summed E-state index contributed by atoms with van der Waals surface area (Å²) >= 11 is 0. The molecular formula is C26H19F2N5O2S. The summed E-state index contributed by atoms with van der Waals surface area (Å²) < 4.78 is 49.0. The van der Waals surface area contributed by atoms with E-state index in [2.05, 4.69) is 30.8 Å². The Morgan fingerprint density at radius 2 is 1.75 bits per heavy atom. The first-order valence-electron chi connectivity index (χ1n) is 10.7. The minimum atomic E-state index is -3.40. The highest BCUT2D eigenvalue weighted by Crippen LogP contribution is 2.34. The van der Waals surface area contributed by atoms with E-state index in [1.54, 1.807) is 30.9 Å². The first-order valence-corrected chi connectivity index (χ1v) is 12.4. The van der Waals surface area contributed by atoms with Crippen LogP contribution < -0.4 is 9.46 Å². The zero-order chi connectivity index (χ0) is 25.3. The van der Waals surface area contributed by atoms with Crippen LogP contribution in [0.3, 0.4) is 0 Å². The van der Waals surface area contributed by atoms with E-state index < -0.39 is 21.3 Å². The summed E-state index contributed by atoms with van der Waals surface area (Å²) in [5, 5.41) is 8.70. The molecule has 0 amide bonds. The number of nitrogens with one attached hydrogen (secondary N) is 1. The maximum absolute atomic E-state index is 14.3. The summed E-state index contributed by atoms with van der Waals surface area (Å²) in [7, 11) is -1.99. The lowest BCUT2D eigenvalue weighted by Gasteiger charge is -2.16. The number of pyridine rings is 2. The van der Waals surface area contributed by atoms with Crippen molar-refractivity contribution in [1.82, 2.24) is 20.2 Å². The first kappa shape index (κ1) is 23.3. The molecule has 0 spiro atoms. The Kier molecular flexibility index (Phi) is 6.03. The van der Waals surface area contributed by atoms with E-state index in [1.807, 2.05) is 30.3 Å². The van der Waals surface area contributed by atoms with Crippen LogP contribution in [0.1, 0.15) is 0 Å². The summed E-state index contributed by atoms with van der Waals surface area (Å²) in [6.07, 6.45) is 6.64. The molecule has 1 atom stereocenters. The third-order valence-electron chi connectivity index (χ3n) is 5.54. The maximum Gasteiger partial charge on any atom is 0.238 e. The lowest BCUT2D eigenvalue weighted by Crippen LogP contribution is -2.15. The standard InChI is InChI=1S/C26H19F2N5O2S/c1-35-26-24(33-36(2,34)25-6-4-19(27)13-22(25)28)12-18(14-30-26)16-3-5-23-21(11-16)20(8-9-29-23)17-7-10-31-32-15-17/h3-15H,2H2,1H3,(H,33,34). The van der Waals surface area contributed by atoms with Gasteiger partial charge in [0.05, 0.1) is 39.6 Å². The molecule has 0 radical (unpaired) electrons. The molecular weight excluding hydrogens is 484 g/mol. The second kappa shape index (κ2) is 9.31. The molecule has 1 unspecified atom stereocenters. The second-order valence-corrected chi connectivity index (χ2v) is 9.85. The maximum atomic E-state index is 14.3. The molecule has 0 aliphatic rings. The van der Waals surface area contributed by atoms with E-state index in [9.17, 15) is 13.0 Å². The van der Waals surface area contributed by atoms with Gasteiger partial charge in [-0.1, -0.05) is 6.07 Å². The zero-order valence-corrected chi connectivity index (χ0v) is 19.8. The number of anilines is 1. The van der Waals surface area contributed by atoms with Crippen LogP contribution in [0.4, 0.5) is 14.5 Å². The summed E-state index contributed by atoms with van der Waals surface area (Å²) in [6, 6.07) is 14.0. The molecule has 0 bridgehead atoms. The lowest BCUT2D eigenvalue weighted by molar-refractivity contribution is 0.400. The summed E-state index contributed by atoms with van der Waals surface area (Å²) in [4.78, 5) is 8.51. The monoisotopic (exact) mass is 503 g/mol. The van der Waals surface area contributed by atoms with Gasteiger partial charge in [-0.15, -0.1) is 0 Å². The number of hydrogen-bond donors (Lipinski definition) is 1. The fraction of sp³-hybridized carbons (Fsp3) is 0.0385. The number of fused-ring (bicyclic) bond motifs is 1. The number of aromatic nitrogens is 4. The van der Waals surface area contributed by atoms with Gasteiger partial charge in [0.15, 0.2) is 0 Å². The Labute approximate surface area is 206 Å². The zero-order valence-electron chi connectivity index (χ0n) is 19.0. The van der Waals surface area contributed by atoms with Crippen molar-refractivity contribution in [2.75, 3.05) is 11.8 Å². The number of rotatable bonds is 6. The second-order valence-electron chi connectivity index (χ2n) is 7.85. The highest BCUT2D eigenvalue weighted by molar-refractivity contribution is 8.01. The molecule has 0 saturated heterocycles. The van der Waals surface area contributed by atoms with Crippen LogP contribution in [0.25, 0.3) is 33.2 Å². The van der Waals surface area contributed by atoms with E-state index in [0.717, 1.165) is 39.7 Å². The van der Waals surface area contributed by atoms with Crippen LogP contribution in [0.15, 0.2) is 84.3 Å². The van der Waals surface area contributed by atoms with Gasteiger partial charge in [-0.3, -0.25) is 4.98 Å². The van der Waals surface area contributed by atoms with Crippen LogP contribution in [0.2, 0.25) is 0 Å². The fourth-order valence-electron chi connectivity index (χ4n) is 3.85.